The highest BCUT2D eigenvalue weighted by molar-refractivity contribution is 5.42. The molecule has 2 aromatic heterocycles. The summed E-state index contributed by atoms with van der Waals surface area (Å²) in [4.78, 5) is 7.21. The first-order valence-corrected chi connectivity index (χ1v) is 8.66. The van der Waals surface area contributed by atoms with Crippen LogP contribution in [-0.2, 0) is 6.54 Å². The van der Waals surface area contributed by atoms with Gasteiger partial charge in [0.25, 0.3) is 0 Å². The maximum absolute atomic E-state index is 6.07. The molecule has 1 aliphatic rings. The van der Waals surface area contributed by atoms with E-state index in [2.05, 4.69) is 69.9 Å². The number of pyridine rings is 1. The lowest BCUT2D eigenvalue weighted by atomic mass is 9.89. The first-order chi connectivity index (χ1) is 11.8. The van der Waals surface area contributed by atoms with Crippen molar-refractivity contribution in [2.24, 2.45) is 11.7 Å². The number of hydrogen-bond acceptors (Lipinski definition) is 3. The highest BCUT2D eigenvalue weighted by Crippen LogP contribution is 2.33. The summed E-state index contributed by atoms with van der Waals surface area (Å²) >= 11 is 0. The summed E-state index contributed by atoms with van der Waals surface area (Å²) in [6.07, 6.45) is 2.11. The zero-order chi connectivity index (χ0) is 16.5. The fourth-order valence-corrected chi connectivity index (χ4v) is 3.97. The Labute approximate surface area is 142 Å². The molecule has 24 heavy (non-hydrogen) atoms. The van der Waals surface area contributed by atoms with Crippen molar-refractivity contribution in [3.05, 3.63) is 71.7 Å². The number of aryl methyl sites for hydroxylation is 1. The maximum Gasteiger partial charge on any atom is 0.137 e. The van der Waals surface area contributed by atoms with Crippen molar-refractivity contribution in [3.63, 3.8) is 0 Å². The minimum atomic E-state index is 0.520. The fourth-order valence-electron chi connectivity index (χ4n) is 3.97. The van der Waals surface area contributed by atoms with Gasteiger partial charge in [0, 0.05) is 31.7 Å². The second kappa shape index (κ2) is 6.38. The van der Waals surface area contributed by atoms with Crippen LogP contribution < -0.4 is 5.73 Å². The van der Waals surface area contributed by atoms with Crippen LogP contribution in [0.3, 0.4) is 0 Å². The number of benzene rings is 1. The number of imidazole rings is 1. The maximum atomic E-state index is 6.07. The highest BCUT2D eigenvalue weighted by atomic mass is 15.2. The lowest BCUT2D eigenvalue weighted by Gasteiger charge is -2.17. The lowest BCUT2D eigenvalue weighted by molar-refractivity contribution is 0.311. The van der Waals surface area contributed by atoms with E-state index in [9.17, 15) is 0 Å². The molecular weight excluding hydrogens is 296 g/mol. The largest absolute Gasteiger partial charge is 0.330 e. The summed E-state index contributed by atoms with van der Waals surface area (Å²) in [5, 5.41) is 0. The predicted molar refractivity (Wildman–Crippen MR) is 96.9 cm³/mol. The monoisotopic (exact) mass is 320 g/mol. The molecule has 4 nitrogen and oxygen atoms in total. The van der Waals surface area contributed by atoms with Gasteiger partial charge in [-0.25, -0.2) is 4.98 Å². The molecule has 3 heterocycles. The number of nitrogens with zero attached hydrogens (tertiary/aromatic N) is 3. The van der Waals surface area contributed by atoms with Gasteiger partial charge in [0.1, 0.15) is 5.65 Å². The highest BCUT2D eigenvalue weighted by Gasteiger charge is 2.33. The molecule has 0 bridgehead atoms. The Balaban J connectivity index is 1.58. The number of rotatable bonds is 4. The van der Waals surface area contributed by atoms with Crippen LogP contribution in [0.1, 0.15) is 22.9 Å². The van der Waals surface area contributed by atoms with Crippen molar-refractivity contribution in [2.75, 3.05) is 19.6 Å². The van der Waals surface area contributed by atoms with Crippen molar-refractivity contribution >= 4 is 5.65 Å². The molecule has 1 aliphatic heterocycles. The molecule has 2 N–H and O–H groups in total. The molecule has 1 aromatic carbocycles. The summed E-state index contributed by atoms with van der Waals surface area (Å²) in [5.41, 5.74) is 10.9. The second-order valence-electron chi connectivity index (χ2n) is 6.78. The molecule has 4 rings (SSSR count). The van der Waals surface area contributed by atoms with Crippen LogP contribution >= 0.6 is 0 Å². The van der Waals surface area contributed by atoms with E-state index < -0.39 is 0 Å². The normalized spacial score (nSPS) is 21.6. The minimum absolute atomic E-state index is 0.520. The van der Waals surface area contributed by atoms with Gasteiger partial charge in [-0.05, 0) is 37.1 Å². The van der Waals surface area contributed by atoms with Gasteiger partial charge in [-0.2, -0.15) is 0 Å². The Morgan fingerprint density at radius 3 is 2.67 bits per heavy atom. The SMILES string of the molecule is Cc1nc2ccccn2c1CN1C[C@@H](CN)[C@H](c2ccccc2)C1. The first kappa shape index (κ1) is 15.4. The second-order valence-corrected chi connectivity index (χ2v) is 6.78. The van der Waals surface area contributed by atoms with Crippen LogP contribution in [0.2, 0.25) is 0 Å². The van der Waals surface area contributed by atoms with Crippen LogP contribution in [0.15, 0.2) is 54.7 Å². The van der Waals surface area contributed by atoms with Gasteiger partial charge < -0.3 is 10.1 Å². The average molecular weight is 320 g/mol. The molecule has 0 aliphatic carbocycles. The van der Waals surface area contributed by atoms with Crippen molar-refractivity contribution in [1.29, 1.82) is 0 Å². The van der Waals surface area contributed by atoms with Gasteiger partial charge >= 0.3 is 0 Å². The Hall–Kier alpha value is -2.17. The fraction of sp³-hybridized carbons (Fsp3) is 0.350. The zero-order valence-electron chi connectivity index (χ0n) is 14.1. The molecule has 4 heteroatoms. The van der Waals surface area contributed by atoms with E-state index in [0.29, 0.717) is 11.8 Å². The molecule has 1 saturated heterocycles. The third-order valence-corrected chi connectivity index (χ3v) is 5.25. The molecule has 2 atom stereocenters. The van der Waals surface area contributed by atoms with Crippen LogP contribution in [0, 0.1) is 12.8 Å². The van der Waals surface area contributed by atoms with Gasteiger partial charge in [-0.15, -0.1) is 0 Å². The Morgan fingerprint density at radius 2 is 1.88 bits per heavy atom. The third-order valence-electron chi connectivity index (χ3n) is 5.25. The lowest BCUT2D eigenvalue weighted by Crippen LogP contribution is -2.24. The van der Waals surface area contributed by atoms with Gasteiger partial charge in [0.15, 0.2) is 0 Å². The van der Waals surface area contributed by atoms with Crippen molar-refractivity contribution in [1.82, 2.24) is 14.3 Å². The number of likely N-dealkylation sites (tertiary alicyclic amines) is 1. The molecule has 0 spiro atoms. The van der Waals surface area contributed by atoms with Crippen LogP contribution in [-0.4, -0.2) is 33.9 Å². The molecular formula is C20H24N4. The Morgan fingerprint density at radius 1 is 1.08 bits per heavy atom. The molecule has 0 amide bonds. The minimum Gasteiger partial charge on any atom is -0.330 e. The van der Waals surface area contributed by atoms with E-state index in [4.69, 9.17) is 5.73 Å². The number of hydrogen-bond donors (Lipinski definition) is 1. The summed E-state index contributed by atoms with van der Waals surface area (Å²) < 4.78 is 2.21. The zero-order valence-corrected chi connectivity index (χ0v) is 14.1. The smallest absolute Gasteiger partial charge is 0.137 e. The molecule has 0 radical (unpaired) electrons. The molecule has 0 saturated carbocycles. The number of fused-ring (bicyclic) bond motifs is 1. The number of nitrogens with two attached hydrogens (primary N) is 1. The summed E-state index contributed by atoms with van der Waals surface area (Å²) in [5.74, 6) is 1.04. The Kier molecular flexibility index (Phi) is 4.08. The van der Waals surface area contributed by atoms with Crippen LogP contribution in [0.25, 0.3) is 5.65 Å². The van der Waals surface area contributed by atoms with Gasteiger partial charge in [-0.1, -0.05) is 36.4 Å². The summed E-state index contributed by atoms with van der Waals surface area (Å²) in [6.45, 7) is 5.88. The van der Waals surface area contributed by atoms with Gasteiger partial charge in [0.05, 0.1) is 11.4 Å². The van der Waals surface area contributed by atoms with Gasteiger partial charge in [0.2, 0.25) is 0 Å². The molecule has 124 valence electrons. The quantitative estimate of drug-likeness (QED) is 0.804. The van der Waals surface area contributed by atoms with E-state index >= 15 is 0 Å². The third kappa shape index (κ3) is 2.72. The van der Waals surface area contributed by atoms with Crippen molar-refractivity contribution < 1.29 is 0 Å². The number of aromatic nitrogens is 2. The van der Waals surface area contributed by atoms with E-state index in [-0.39, 0.29) is 0 Å². The summed E-state index contributed by atoms with van der Waals surface area (Å²) in [7, 11) is 0. The predicted octanol–water partition coefficient (Wildman–Crippen LogP) is 2.82. The average Bonchev–Trinajstić information content (AvgIpc) is 3.17. The molecule has 0 unspecified atom stereocenters. The Bertz CT molecular complexity index is 824. The topological polar surface area (TPSA) is 46.6 Å². The molecule has 1 fully saturated rings. The van der Waals surface area contributed by atoms with Crippen molar-refractivity contribution in [2.45, 2.75) is 19.4 Å². The van der Waals surface area contributed by atoms with E-state index in [1.54, 1.807) is 0 Å². The van der Waals surface area contributed by atoms with E-state index in [1.165, 1.54) is 11.3 Å². The van der Waals surface area contributed by atoms with Crippen LogP contribution in [0.5, 0.6) is 0 Å². The molecule has 3 aromatic rings. The van der Waals surface area contributed by atoms with E-state index in [1.807, 2.05) is 6.07 Å². The summed E-state index contributed by atoms with van der Waals surface area (Å²) in [6, 6.07) is 17.0. The standard InChI is InChI=1S/C20H24N4/c1-15-19(24-10-6-5-9-20(24)22-15)14-23-12-17(11-21)18(13-23)16-7-3-2-4-8-16/h2-10,17-18H,11-14,21H2,1H3/t17-,18+/m1/s1. The van der Waals surface area contributed by atoms with Crippen LogP contribution in [0.4, 0.5) is 0 Å². The first-order valence-electron chi connectivity index (χ1n) is 8.66. The van der Waals surface area contributed by atoms with Crippen molar-refractivity contribution in [3.8, 4) is 0 Å². The van der Waals surface area contributed by atoms with E-state index in [0.717, 1.165) is 37.5 Å². The van der Waals surface area contributed by atoms with Gasteiger partial charge in [-0.3, -0.25) is 4.90 Å².